The van der Waals surface area contributed by atoms with Crippen molar-refractivity contribution in [3.8, 4) is 0 Å². The number of β-lactam (4-membered cyclic amide) rings is 1. The predicted octanol–water partition coefficient (Wildman–Crippen LogP) is 2.20. The Bertz CT molecular complexity index is 395. The molecule has 5 atom stereocenters. The molecule has 3 rings (SSSR count). The standard InChI is InChI=1S/C14H22N2OS/c1-4-11-13-9(3)12(7-16(13)14(11)17)18-10-5-8(2)15-6-10/h7-11,13,15H,4-6H2,1-3H3/t8-,9+,10+,11-,13-/m1/s1. The molecule has 3 aliphatic rings. The zero-order valence-electron chi connectivity index (χ0n) is 11.3. The third-order valence-electron chi connectivity index (χ3n) is 4.59. The fourth-order valence-corrected chi connectivity index (χ4v) is 4.97. The Morgan fingerprint density at radius 2 is 2.28 bits per heavy atom. The smallest absolute Gasteiger partial charge is 0.232 e. The lowest BCUT2D eigenvalue weighted by molar-refractivity contribution is -0.151. The predicted molar refractivity (Wildman–Crippen MR) is 75.1 cm³/mol. The fourth-order valence-electron chi connectivity index (χ4n) is 3.49. The first-order chi connectivity index (χ1) is 8.61. The number of thioether (sulfide) groups is 1. The van der Waals surface area contributed by atoms with Gasteiger partial charge in [0.2, 0.25) is 5.91 Å². The van der Waals surface area contributed by atoms with E-state index in [4.69, 9.17) is 0 Å². The molecular formula is C14H22N2OS. The zero-order chi connectivity index (χ0) is 12.9. The lowest BCUT2D eigenvalue weighted by Gasteiger charge is -2.43. The van der Waals surface area contributed by atoms with E-state index in [0.717, 1.165) is 13.0 Å². The summed E-state index contributed by atoms with van der Waals surface area (Å²) in [6.45, 7) is 7.76. The maximum absolute atomic E-state index is 11.9. The summed E-state index contributed by atoms with van der Waals surface area (Å²) in [5.41, 5.74) is 0. The van der Waals surface area contributed by atoms with Crippen molar-refractivity contribution in [2.24, 2.45) is 11.8 Å². The molecule has 0 unspecified atom stereocenters. The highest BCUT2D eigenvalue weighted by molar-refractivity contribution is 8.03. The van der Waals surface area contributed by atoms with Crippen molar-refractivity contribution in [2.75, 3.05) is 6.54 Å². The molecule has 1 N–H and O–H groups in total. The number of rotatable bonds is 3. The second-order valence-corrected chi connectivity index (χ2v) is 7.23. The number of hydrogen-bond acceptors (Lipinski definition) is 3. The number of carbonyl (C=O) groups excluding carboxylic acids is 1. The average Bonchev–Trinajstić information content (AvgIpc) is 2.86. The Labute approximate surface area is 113 Å². The maximum atomic E-state index is 11.9. The van der Waals surface area contributed by atoms with Crippen molar-refractivity contribution in [2.45, 2.75) is 50.9 Å². The first-order valence-electron chi connectivity index (χ1n) is 7.05. The Hall–Kier alpha value is -0.480. The molecule has 0 radical (unpaired) electrons. The second-order valence-electron chi connectivity index (χ2n) is 5.86. The first kappa shape index (κ1) is 12.5. The van der Waals surface area contributed by atoms with Crippen LogP contribution in [0.3, 0.4) is 0 Å². The molecule has 100 valence electrons. The molecule has 3 aliphatic heterocycles. The molecule has 3 nitrogen and oxygen atoms in total. The molecule has 0 saturated carbocycles. The molecule has 2 saturated heterocycles. The van der Waals surface area contributed by atoms with E-state index in [-0.39, 0.29) is 5.92 Å². The van der Waals surface area contributed by atoms with Crippen LogP contribution in [0.25, 0.3) is 0 Å². The molecule has 0 aromatic heterocycles. The Morgan fingerprint density at radius 3 is 2.89 bits per heavy atom. The van der Waals surface area contributed by atoms with Gasteiger partial charge in [-0.15, -0.1) is 11.8 Å². The van der Waals surface area contributed by atoms with E-state index >= 15 is 0 Å². The van der Waals surface area contributed by atoms with Crippen LogP contribution in [0.2, 0.25) is 0 Å². The van der Waals surface area contributed by atoms with Crippen molar-refractivity contribution in [3.63, 3.8) is 0 Å². The van der Waals surface area contributed by atoms with Crippen LogP contribution in [0.4, 0.5) is 0 Å². The summed E-state index contributed by atoms with van der Waals surface area (Å²) in [6.07, 6.45) is 4.35. The van der Waals surface area contributed by atoms with Crippen LogP contribution in [-0.4, -0.2) is 34.7 Å². The summed E-state index contributed by atoms with van der Waals surface area (Å²) < 4.78 is 0. The Morgan fingerprint density at radius 1 is 1.50 bits per heavy atom. The van der Waals surface area contributed by atoms with Gasteiger partial charge in [-0.1, -0.05) is 13.8 Å². The van der Waals surface area contributed by atoms with Crippen LogP contribution in [0.1, 0.15) is 33.6 Å². The number of nitrogens with one attached hydrogen (secondary N) is 1. The monoisotopic (exact) mass is 266 g/mol. The van der Waals surface area contributed by atoms with Crippen molar-refractivity contribution in [1.29, 1.82) is 0 Å². The Balaban J connectivity index is 1.66. The molecule has 1 amide bonds. The van der Waals surface area contributed by atoms with E-state index in [1.54, 1.807) is 0 Å². The summed E-state index contributed by atoms with van der Waals surface area (Å²) >= 11 is 1.99. The SMILES string of the molecule is CC[C@H]1C(=O)N2C=C(S[C@@H]3CN[C@H](C)C3)[C@H](C)[C@H]12. The summed E-state index contributed by atoms with van der Waals surface area (Å²) in [5.74, 6) is 1.14. The molecule has 18 heavy (non-hydrogen) atoms. The van der Waals surface area contributed by atoms with Crippen LogP contribution in [0, 0.1) is 11.8 Å². The fraction of sp³-hybridized carbons (Fsp3) is 0.786. The molecule has 0 bridgehead atoms. The van der Waals surface area contributed by atoms with Crippen LogP contribution in [-0.2, 0) is 4.79 Å². The topological polar surface area (TPSA) is 32.3 Å². The quantitative estimate of drug-likeness (QED) is 0.795. The highest BCUT2D eigenvalue weighted by atomic mass is 32.2. The molecule has 4 heteroatoms. The van der Waals surface area contributed by atoms with Gasteiger partial charge < -0.3 is 10.2 Å². The van der Waals surface area contributed by atoms with Gasteiger partial charge in [-0.25, -0.2) is 0 Å². The minimum absolute atomic E-state index is 0.273. The summed E-state index contributed by atoms with van der Waals surface area (Å²) in [6, 6.07) is 1.10. The van der Waals surface area contributed by atoms with E-state index in [0.29, 0.717) is 29.2 Å². The van der Waals surface area contributed by atoms with Gasteiger partial charge >= 0.3 is 0 Å². The molecule has 3 heterocycles. The molecule has 0 aromatic carbocycles. The third-order valence-corrected chi connectivity index (χ3v) is 6.03. The van der Waals surface area contributed by atoms with E-state index in [1.165, 1.54) is 11.3 Å². The minimum Gasteiger partial charge on any atom is -0.313 e. The molecule has 0 aromatic rings. The molecule has 0 spiro atoms. The van der Waals surface area contributed by atoms with Crippen LogP contribution in [0.5, 0.6) is 0 Å². The van der Waals surface area contributed by atoms with Crippen LogP contribution >= 0.6 is 11.8 Å². The van der Waals surface area contributed by atoms with Crippen LogP contribution in [0.15, 0.2) is 11.1 Å². The van der Waals surface area contributed by atoms with Gasteiger partial charge in [0.15, 0.2) is 0 Å². The average molecular weight is 266 g/mol. The summed E-state index contributed by atoms with van der Waals surface area (Å²) in [4.78, 5) is 15.3. The van der Waals surface area contributed by atoms with Crippen LogP contribution < -0.4 is 5.32 Å². The van der Waals surface area contributed by atoms with Gasteiger partial charge in [0, 0.05) is 34.9 Å². The molecule has 2 fully saturated rings. The van der Waals surface area contributed by atoms with E-state index in [9.17, 15) is 4.79 Å². The summed E-state index contributed by atoms with van der Waals surface area (Å²) in [7, 11) is 0. The first-order valence-corrected chi connectivity index (χ1v) is 7.93. The molecule has 0 aliphatic carbocycles. The number of nitrogens with zero attached hydrogens (tertiary/aromatic N) is 1. The third kappa shape index (κ3) is 1.81. The van der Waals surface area contributed by atoms with E-state index in [2.05, 4.69) is 32.3 Å². The van der Waals surface area contributed by atoms with E-state index in [1.807, 2.05) is 16.7 Å². The number of carbonyl (C=O) groups is 1. The summed E-state index contributed by atoms with van der Waals surface area (Å²) in [5, 5.41) is 4.18. The van der Waals surface area contributed by atoms with Gasteiger partial charge in [-0.2, -0.15) is 0 Å². The van der Waals surface area contributed by atoms with Crippen molar-refractivity contribution in [1.82, 2.24) is 10.2 Å². The second kappa shape index (κ2) is 4.57. The molecular weight excluding hydrogens is 244 g/mol. The van der Waals surface area contributed by atoms with Crippen molar-refractivity contribution >= 4 is 17.7 Å². The highest BCUT2D eigenvalue weighted by Gasteiger charge is 2.52. The van der Waals surface area contributed by atoms with Crippen molar-refractivity contribution in [3.05, 3.63) is 11.1 Å². The zero-order valence-corrected chi connectivity index (χ0v) is 12.2. The Kier molecular flexibility index (Phi) is 3.18. The van der Waals surface area contributed by atoms with Gasteiger partial charge in [-0.3, -0.25) is 4.79 Å². The van der Waals surface area contributed by atoms with Gasteiger partial charge in [0.1, 0.15) is 0 Å². The highest BCUT2D eigenvalue weighted by Crippen LogP contribution is 2.47. The largest absolute Gasteiger partial charge is 0.313 e. The number of amides is 1. The number of hydrogen-bond donors (Lipinski definition) is 1. The maximum Gasteiger partial charge on any atom is 0.232 e. The van der Waals surface area contributed by atoms with Gasteiger partial charge in [0.25, 0.3) is 0 Å². The normalized spacial score (nSPS) is 42.8. The van der Waals surface area contributed by atoms with Gasteiger partial charge in [-0.05, 0) is 19.8 Å². The van der Waals surface area contributed by atoms with Crippen molar-refractivity contribution < 1.29 is 4.79 Å². The number of fused-ring (bicyclic) bond motifs is 1. The van der Waals surface area contributed by atoms with Gasteiger partial charge in [0.05, 0.1) is 12.0 Å². The van der Waals surface area contributed by atoms with E-state index < -0.39 is 0 Å². The minimum atomic E-state index is 0.273. The lowest BCUT2D eigenvalue weighted by atomic mass is 9.81. The lowest BCUT2D eigenvalue weighted by Crippen LogP contribution is -2.57.